The van der Waals surface area contributed by atoms with E-state index in [0.29, 0.717) is 24.0 Å². The summed E-state index contributed by atoms with van der Waals surface area (Å²) in [5.74, 6) is 2.93. The summed E-state index contributed by atoms with van der Waals surface area (Å²) in [6.45, 7) is 7.73. The van der Waals surface area contributed by atoms with Crippen molar-refractivity contribution in [2.24, 2.45) is 4.99 Å². The molecule has 6 nitrogen and oxygen atoms in total. The molecule has 26 heavy (non-hydrogen) atoms. The van der Waals surface area contributed by atoms with Crippen molar-refractivity contribution < 1.29 is 9.15 Å². The quantitative estimate of drug-likeness (QED) is 0.349. The molecule has 0 aliphatic carbocycles. The van der Waals surface area contributed by atoms with E-state index < -0.39 is 0 Å². The first-order chi connectivity index (χ1) is 12.0. The van der Waals surface area contributed by atoms with Gasteiger partial charge in [0.25, 0.3) is 0 Å². The number of hydrogen-bond donors (Lipinski definition) is 2. The van der Waals surface area contributed by atoms with Crippen LogP contribution in [-0.2, 0) is 13.0 Å². The number of methoxy groups -OCH3 is 1. The number of guanidine groups is 1. The maximum atomic E-state index is 6.27. The number of halogens is 2. The molecule has 1 aromatic carbocycles. The zero-order chi connectivity index (χ0) is 18.2. The minimum atomic E-state index is 0. The lowest BCUT2D eigenvalue weighted by Gasteiger charge is -2.12. The van der Waals surface area contributed by atoms with E-state index in [1.807, 2.05) is 39.0 Å². The molecule has 0 atom stereocenters. The van der Waals surface area contributed by atoms with Gasteiger partial charge < -0.3 is 19.8 Å². The van der Waals surface area contributed by atoms with Crippen molar-refractivity contribution in [2.75, 3.05) is 20.2 Å². The maximum Gasteiger partial charge on any atom is 0.216 e. The van der Waals surface area contributed by atoms with Crippen molar-refractivity contribution >= 4 is 41.5 Å². The van der Waals surface area contributed by atoms with E-state index in [4.69, 9.17) is 20.8 Å². The number of benzene rings is 1. The molecule has 0 bridgehead atoms. The topological polar surface area (TPSA) is 71.7 Å². The summed E-state index contributed by atoms with van der Waals surface area (Å²) in [4.78, 5) is 8.84. The molecule has 0 saturated carbocycles. The normalized spacial score (nSPS) is 11.0. The van der Waals surface area contributed by atoms with Crippen LogP contribution in [-0.4, -0.2) is 31.1 Å². The molecule has 0 spiro atoms. The van der Waals surface area contributed by atoms with E-state index in [9.17, 15) is 0 Å². The molecule has 2 aromatic rings. The first-order valence-corrected chi connectivity index (χ1v) is 8.68. The highest BCUT2D eigenvalue weighted by molar-refractivity contribution is 14.0. The number of aliphatic imine (C=N–C) groups is 1. The monoisotopic (exact) mass is 492 g/mol. The molecule has 2 rings (SSSR count). The van der Waals surface area contributed by atoms with Crippen molar-refractivity contribution in [1.29, 1.82) is 0 Å². The number of nitrogens with one attached hydrogen (secondary N) is 2. The molecule has 0 fully saturated rings. The summed E-state index contributed by atoms with van der Waals surface area (Å²) >= 11 is 6.27. The standard InChI is InChI=1S/C18H25ClN4O2.HI/c1-5-20-18(22-11-17-23-12(2)13(3)25-17)21-9-8-14-6-7-15(24-4)10-16(14)19;/h6-7,10H,5,8-9,11H2,1-4H3,(H2,20,21,22);1H. The summed E-state index contributed by atoms with van der Waals surface area (Å²) < 4.78 is 10.7. The van der Waals surface area contributed by atoms with Gasteiger partial charge >= 0.3 is 0 Å². The number of oxazole rings is 1. The smallest absolute Gasteiger partial charge is 0.216 e. The molecule has 1 heterocycles. The second-order valence-electron chi connectivity index (χ2n) is 5.58. The van der Waals surface area contributed by atoms with E-state index in [1.54, 1.807) is 7.11 Å². The van der Waals surface area contributed by atoms with E-state index in [1.165, 1.54) is 0 Å². The number of hydrogen-bond acceptors (Lipinski definition) is 4. The van der Waals surface area contributed by atoms with Gasteiger partial charge in [0.2, 0.25) is 5.89 Å². The minimum Gasteiger partial charge on any atom is -0.497 e. The Morgan fingerprint density at radius 3 is 2.65 bits per heavy atom. The second kappa shape index (κ2) is 11.3. The minimum absolute atomic E-state index is 0. The molecule has 1 aromatic heterocycles. The fourth-order valence-corrected chi connectivity index (χ4v) is 2.53. The number of nitrogens with zero attached hydrogens (tertiary/aromatic N) is 2. The summed E-state index contributed by atoms with van der Waals surface area (Å²) in [5.41, 5.74) is 1.96. The van der Waals surface area contributed by atoms with Gasteiger partial charge in [0, 0.05) is 18.1 Å². The van der Waals surface area contributed by atoms with Crippen LogP contribution in [0.3, 0.4) is 0 Å². The van der Waals surface area contributed by atoms with Crippen LogP contribution in [0.4, 0.5) is 0 Å². The van der Waals surface area contributed by atoms with Gasteiger partial charge in [-0.15, -0.1) is 24.0 Å². The Bertz CT molecular complexity index is 714. The van der Waals surface area contributed by atoms with Crippen LogP contribution < -0.4 is 15.4 Å². The third-order valence-corrected chi connectivity index (χ3v) is 4.09. The van der Waals surface area contributed by atoms with Crippen LogP contribution in [0.2, 0.25) is 5.02 Å². The maximum absolute atomic E-state index is 6.27. The number of aryl methyl sites for hydroxylation is 2. The molecule has 0 saturated heterocycles. The van der Waals surface area contributed by atoms with Gasteiger partial charge in [-0.3, -0.25) is 0 Å². The molecule has 2 N–H and O–H groups in total. The molecule has 0 radical (unpaired) electrons. The predicted molar refractivity (Wildman–Crippen MR) is 116 cm³/mol. The summed E-state index contributed by atoms with van der Waals surface area (Å²) in [6.07, 6.45) is 0.782. The Balaban J connectivity index is 0.00000338. The van der Waals surface area contributed by atoms with E-state index in [2.05, 4.69) is 20.6 Å². The highest BCUT2D eigenvalue weighted by Crippen LogP contribution is 2.22. The lowest BCUT2D eigenvalue weighted by Crippen LogP contribution is -2.38. The third kappa shape index (κ3) is 6.68. The molecule has 0 aliphatic heterocycles. The Morgan fingerprint density at radius 1 is 1.31 bits per heavy atom. The number of aromatic nitrogens is 1. The third-order valence-electron chi connectivity index (χ3n) is 3.74. The molecule has 0 unspecified atom stereocenters. The molecule has 0 aliphatic rings. The lowest BCUT2D eigenvalue weighted by atomic mass is 10.1. The highest BCUT2D eigenvalue weighted by atomic mass is 127. The van der Waals surface area contributed by atoms with E-state index in [-0.39, 0.29) is 24.0 Å². The van der Waals surface area contributed by atoms with Crippen LogP contribution in [0.1, 0.15) is 29.8 Å². The Labute approximate surface area is 176 Å². The van der Waals surface area contributed by atoms with E-state index in [0.717, 1.165) is 41.7 Å². The van der Waals surface area contributed by atoms with Crippen LogP contribution in [0, 0.1) is 13.8 Å². The Morgan fingerprint density at radius 2 is 2.08 bits per heavy atom. The van der Waals surface area contributed by atoms with Gasteiger partial charge in [0.05, 0.1) is 12.8 Å². The summed E-state index contributed by atoms with van der Waals surface area (Å²) in [5, 5.41) is 7.21. The van der Waals surface area contributed by atoms with Gasteiger partial charge in [-0.25, -0.2) is 9.98 Å². The van der Waals surface area contributed by atoms with E-state index >= 15 is 0 Å². The molecule has 8 heteroatoms. The Hall–Kier alpha value is -1.48. The highest BCUT2D eigenvalue weighted by Gasteiger charge is 2.06. The number of ether oxygens (including phenoxy) is 1. The summed E-state index contributed by atoms with van der Waals surface area (Å²) in [6, 6.07) is 5.71. The van der Waals surface area contributed by atoms with Crippen molar-refractivity contribution in [3.8, 4) is 5.75 Å². The van der Waals surface area contributed by atoms with Gasteiger partial charge in [0.15, 0.2) is 5.96 Å². The van der Waals surface area contributed by atoms with Crippen LogP contribution in [0.5, 0.6) is 5.75 Å². The second-order valence-corrected chi connectivity index (χ2v) is 5.99. The average molecular weight is 493 g/mol. The average Bonchev–Trinajstić information content (AvgIpc) is 2.92. The molecule has 144 valence electrons. The lowest BCUT2D eigenvalue weighted by molar-refractivity contribution is 0.414. The molecular formula is C18H26ClIN4O2. The largest absolute Gasteiger partial charge is 0.497 e. The first-order valence-electron chi connectivity index (χ1n) is 8.31. The molecule has 0 amide bonds. The fraction of sp³-hybridized carbons (Fsp3) is 0.444. The van der Waals surface area contributed by atoms with Gasteiger partial charge in [-0.1, -0.05) is 17.7 Å². The zero-order valence-corrected chi connectivity index (χ0v) is 18.6. The van der Waals surface area contributed by atoms with Crippen LogP contribution in [0.15, 0.2) is 27.6 Å². The first kappa shape index (κ1) is 22.6. The van der Waals surface area contributed by atoms with Crippen molar-refractivity contribution in [3.63, 3.8) is 0 Å². The van der Waals surface area contributed by atoms with Gasteiger partial charge in [-0.2, -0.15) is 0 Å². The fourth-order valence-electron chi connectivity index (χ4n) is 2.27. The Kier molecular flexibility index (Phi) is 9.79. The van der Waals surface area contributed by atoms with Crippen LogP contribution in [0.25, 0.3) is 0 Å². The van der Waals surface area contributed by atoms with Gasteiger partial charge in [0.1, 0.15) is 18.1 Å². The number of rotatable bonds is 7. The SMILES string of the molecule is CCNC(=NCc1nc(C)c(C)o1)NCCc1ccc(OC)cc1Cl.I. The van der Waals surface area contributed by atoms with Crippen molar-refractivity contribution in [2.45, 2.75) is 33.7 Å². The van der Waals surface area contributed by atoms with Gasteiger partial charge in [-0.05, 0) is 44.9 Å². The van der Waals surface area contributed by atoms with Crippen LogP contribution >= 0.6 is 35.6 Å². The summed E-state index contributed by atoms with van der Waals surface area (Å²) in [7, 11) is 1.63. The zero-order valence-electron chi connectivity index (χ0n) is 15.6. The predicted octanol–water partition coefficient (Wildman–Crippen LogP) is 3.87. The van der Waals surface area contributed by atoms with Crippen molar-refractivity contribution in [3.05, 3.63) is 46.1 Å². The molecular weight excluding hydrogens is 467 g/mol. The van der Waals surface area contributed by atoms with Crippen molar-refractivity contribution in [1.82, 2.24) is 15.6 Å².